The van der Waals surface area contributed by atoms with E-state index in [-0.39, 0.29) is 30.9 Å². The summed E-state index contributed by atoms with van der Waals surface area (Å²) in [5.41, 5.74) is 12.4. The summed E-state index contributed by atoms with van der Waals surface area (Å²) in [7, 11) is 0. The molecular weight excluding hydrogens is 457 g/mol. The van der Waals surface area contributed by atoms with Crippen molar-refractivity contribution >= 4 is 42.1 Å². The van der Waals surface area contributed by atoms with E-state index in [0.717, 1.165) is 61.9 Å². The highest BCUT2D eigenvalue weighted by Gasteiger charge is 2.17. The molecule has 0 radical (unpaired) electrons. The first-order valence-electron chi connectivity index (χ1n) is 11.2. The van der Waals surface area contributed by atoms with Crippen molar-refractivity contribution in [3.05, 3.63) is 64.6 Å². The van der Waals surface area contributed by atoms with Crippen LogP contribution in [0.4, 0.5) is 0 Å². The zero-order chi connectivity index (χ0) is 21.8. The van der Waals surface area contributed by atoms with E-state index in [4.69, 9.17) is 20.4 Å². The zero-order valence-corrected chi connectivity index (χ0v) is 21.3. The van der Waals surface area contributed by atoms with Gasteiger partial charge in [-0.15, -0.1) is 24.8 Å². The minimum atomic E-state index is 0. The number of rotatable bonds is 7. The molecule has 8 heteroatoms. The minimum absolute atomic E-state index is 0. The number of nitrogens with zero attached hydrogens (tertiary/aromatic N) is 4. The van der Waals surface area contributed by atoms with E-state index in [2.05, 4.69) is 65.8 Å². The van der Waals surface area contributed by atoms with Gasteiger partial charge in [-0.25, -0.2) is 9.97 Å². The Balaban J connectivity index is 0.00000193. The van der Waals surface area contributed by atoms with Gasteiger partial charge >= 0.3 is 0 Å². The first-order valence-corrected chi connectivity index (χ1v) is 11.2. The number of aromatic nitrogens is 3. The number of hydrogen-bond acceptors (Lipinski definition) is 5. The highest BCUT2D eigenvalue weighted by molar-refractivity contribution is 5.85. The predicted octanol–water partition coefficient (Wildman–Crippen LogP) is 4.18. The van der Waals surface area contributed by atoms with Crippen LogP contribution in [0.5, 0.6) is 0 Å². The number of pyridine rings is 1. The second-order valence-electron chi connectivity index (χ2n) is 8.35. The first kappa shape index (κ1) is 27.3. The van der Waals surface area contributed by atoms with Crippen molar-refractivity contribution in [3.8, 4) is 0 Å². The lowest BCUT2D eigenvalue weighted by molar-refractivity contribution is -0.0190. The molecule has 1 aliphatic heterocycles. The smallest absolute Gasteiger partial charge is 0.160 e. The number of imidazole rings is 1. The maximum atomic E-state index is 5.73. The van der Waals surface area contributed by atoms with Crippen molar-refractivity contribution in [3.63, 3.8) is 0 Å². The van der Waals surface area contributed by atoms with Crippen molar-refractivity contribution in [2.24, 2.45) is 5.73 Å². The third-order valence-electron chi connectivity index (χ3n) is 5.90. The SMILES string of the molecule is CCc1nc2c(C)cc(C)nc2n1Cc1ccc(C=CCN2CCOC(CN)C2)cc1.Cl.Cl. The molecule has 1 aliphatic rings. The van der Waals surface area contributed by atoms with Gasteiger partial charge in [0.15, 0.2) is 5.65 Å². The van der Waals surface area contributed by atoms with Gasteiger partial charge in [0.2, 0.25) is 0 Å². The predicted molar refractivity (Wildman–Crippen MR) is 141 cm³/mol. The van der Waals surface area contributed by atoms with E-state index >= 15 is 0 Å². The van der Waals surface area contributed by atoms with Crippen LogP contribution < -0.4 is 5.73 Å². The molecule has 3 heterocycles. The minimum Gasteiger partial charge on any atom is -0.374 e. The second kappa shape index (κ2) is 12.5. The summed E-state index contributed by atoms with van der Waals surface area (Å²) in [6.45, 7) is 11.2. The van der Waals surface area contributed by atoms with Crippen LogP contribution in [-0.2, 0) is 17.7 Å². The van der Waals surface area contributed by atoms with Crippen LogP contribution in [0.3, 0.4) is 0 Å². The van der Waals surface area contributed by atoms with Crippen molar-refractivity contribution in [1.29, 1.82) is 0 Å². The Morgan fingerprint density at radius 1 is 1.15 bits per heavy atom. The molecule has 180 valence electrons. The van der Waals surface area contributed by atoms with Crippen molar-refractivity contribution in [2.75, 3.05) is 32.8 Å². The fourth-order valence-electron chi connectivity index (χ4n) is 4.23. The average Bonchev–Trinajstić information content (AvgIpc) is 3.13. The quantitative estimate of drug-likeness (QED) is 0.536. The molecule has 0 spiro atoms. The first-order chi connectivity index (χ1) is 15.1. The molecule has 1 atom stereocenters. The van der Waals surface area contributed by atoms with E-state index < -0.39 is 0 Å². The van der Waals surface area contributed by atoms with Crippen LogP contribution in [0.25, 0.3) is 17.2 Å². The van der Waals surface area contributed by atoms with Crippen LogP contribution >= 0.6 is 24.8 Å². The number of nitrogens with two attached hydrogens (primary N) is 1. The lowest BCUT2D eigenvalue weighted by atomic mass is 10.1. The number of morpholine rings is 1. The third kappa shape index (κ3) is 6.55. The molecule has 3 aromatic rings. The Kier molecular flexibility index (Phi) is 10.3. The lowest BCUT2D eigenvalue weighted by Crippen LogP contribution is -2.45. The van der Waals surface area contributed by atoms with Gasteiger partial charge in [0.1, 0.15) is 11.3 Å². The maximum Gasteiger partial charge on any atom is 0.160 e. The normalized spacial score (nSPS) is 16.7. The Morgan fingerprint density at radius 2 is 1.91 bits per heavy atom. The van der Waals surface area contributed by atoms with E-state index in [9.17, 15) is 0 Å². The molecule has 6 nitrogen and oxygen atoms in total. The summed E-state index contributed by atoms with van der Waals surface area (Å²) in [4.78, 5) is 12.0. The van der Waals surface area contributed by atoms with Crippen molar-refractivity contribution < 1.29 is 4.74 Å². The Hall–Kier alpha value is -1.96. The second-order valence-corrected chi connectivity index (χ2v) is 8.35. The van der Waals surface area contributed by atoms with Crippen LogP contribution in [0.15, 0.2) is 36.4 Å². The number of benzene rings is 1. The molecule has 1 aromatic carbocycles. The topological polar surface area (TPSA) is 69.2 Å². The van der Waals surface area contributed by atoms with Crippen LogP contribution in [0, 0.1) is 13.8 Å². The van der Waals surface area contributed by atoms with Gasteiger partial charge in [0.05, 0.1) is 19.3 Å². The zero-order valence-electron chi connectivity index (χ0n) is 19.7. The summed E-state index contributed by atoms with van der Waals surface area (Å²) in [5, 5.41) is 0. The molecule has 4 rings (SSSR count). The fourth-order valence-corrected chi connectivity index (χ4v) is 4.23. The van der Waals surface area contributed by atoms with E-state index in [1.165, 1.54) is 16.7 Å². The number of ether oxygens (including phenoxy) is 1. The number of fused-ring (bicyclic) bond motifs is 1. The van der Waals surface area contributed by atoms with Gasteiger partial charge in [-0.2, -0.15) is 0 Å². The fraction of sp³-hybridized carbons (Fsp3) is 0.440. The standard InChI is InChI=1S/C25H33N5O.2ClH/c1-4-23-28-24-18(2)14-19(3)27-25(24)30(23)16-21-9-7-20(8-10-21)6-5-11-29-12-13-31-22(15-26)17-29;;/h5-10,14,22H,4,11-13,15-17,26H2,1-3H3;2*1H. The van der Waals surface area contributed by atoms with Crippen molar-refractivity contribution in [1.82, 2.24) is 19.4 Å². The largest absolute Gasteiger partial charge is 0.374 e. The third-order valence-corrected chi connectivity index (χ3v) is 5.90. The number of hydrogen-bond donors (Lipinski definition) is 1. The summed E-state index contributed by atoms with van der Waals surface area (Å²) in [5.74, 6) is 1.08. The summed E-state index contributed by atoms with van der Waals surface area (Å²) >= 11 is 0. The molecule has 1 unspecified atom stereocenters. The average molecular weight is 492 g/mol. The maximum absolute atomic E-state index is 5.73. The molecular formula is C25H35Cl2N5O. The molecule has 0 aliphatic carbocycles. The van der Waals surface area contributed by atoms with Crippen molar-refractivity contribution in [2.45, 2.75) is 39.8 Å². The molecule has 0 saturated carbocycles. The van der Waals surface area contributed by atoms with E-state index in [0.29, 0.717) is 6.54 Å². The molecule has 1 saturated heterocycles. The van der Waals surface area contributed by atoms with Gasteiger partial charge in [0.25, 0.3) is 0 Å². The van der Waals surface area contributed by atoms with Gasteiger partial charge in [-0.05, 0) is 36.6 Å². The monoisotopic (exact) mass is 491 g/mol. The van der Waals surface area contributed by atoms with E-state index in [1.54, 1.807) is 0 Å². The summed E-state index contributed by atoms with van der Waals surface area (Å²) in [6.07, 6.45) is 5.47. The summed E-state index contributed by atoms with van der Waals surface area (Å²) < 4.78 is 7.89. The van der Waals surface area contributed by atoms with Crippen LogP contribution in [0.2, 0.25) is 0 Å². The molecule has 0 bridgehead atoms. The molecule has 2 N–H and O–H groups in total. The van der Waals surface area contributed by atoms with Gasteiger partial charge in [-0.1, -0.05) is 43.3 Å². The Bertz CT molecular complexity index is 1060. The van der Waals surface area contributed by atoms with E-state index in [1.807, 2.05) is 6.92 Å². The van der Waals surface area contributed by atoms with Gasteiger partial charge < -0.3 is 15.0 Å². The Morgan fingerprint density at radius 3 is 2.61 bits per heavy atom. The highest BCUT2D eigenvalue weighted by Crippen LogP contribution is 2.21. The molecule has 2 aromatic heterocycles. The summed E-state index contributed by atoms with van der Waals surface area (Å²) in [6, 6.07) is 10.9. The molecule has 1 fully saturated rings. The van der Waals surface area contributed by atoms with Gasteiger partial charge in [0, 0.05) is 38.3 Å². The number of aryl methyl sites for hydroxylation is 3. The highest BCUT2D eigenvalue weighted by atomic mass is 35.5. The molecule has 0 amide bonds. The lowest BCUT2D eigenvalue weighted by Gasteiger charge is -2.31. The molecule has 33 heavy (non-hydrogen) atoms. The Labute approximate surface area is 209 Å². The van der Waals surface area contributed by atoms with Crippen LogP contribution in [-0.4, -0.2) is 58.3 Å². The number of halogens is 2. The van der Waals surface area contributed by atoms with Gasteiger partial charge in [-0.3, -0.25) is 4.90 Å². The van der Waals surface area contributed by atoms with Crippen LogP contribution in [0.1, 0.15) is 35.1 Å².